The maximum Gasteiger partial charge on any atom is 0.319 e. The van der Waals surface area contributed by atoms with Crippen LogP contribution in [0.5, 0.6) is 0 Å². The Morgan fingerprint density at radius 1 is 1.62 bits per heavy atom. The van der Waals surface area contributed by atoms with E-state index in [4.69, 9.17) is 11.6 Å². The number of piperidine rings is 1. The third-order valence-electron chi connectivity index (χ3n) is 3.73. The first-order valence-electron chi connectivity index (χ1n) is 6.68. The van der Waals surface area contributed by atoms with Gasteiger partial charge in [0.2, 0.25) is 5.15 Å². The number of carbonyl (C=O) groups excluding carboxylic acids is 1. The van der Waals surface area contributed by atoms with Crippen LogP contribution in [-0.4, -0.2) is 46.9 Å². The molecule has 7 nitrogen and oxygen atoms in total. The summed E-state index contributed by atoms with van der Waals surface area (Å²) < 4.78 is 0. The van der Waals surface area contributed by atoms with Gasteiger partial charge in [-0.3, -0.25) is 14.9 Å². The summed E-state index contributed by atoms with van der Waals surface area (Å²) in [4.78, 5) is 28.5. The minimum absolute atomic E-state index is 0.000227. The molecule has 2 unspecified atom stereocenters. The first-order valence-corrected chi connectivity index (χ1v) is 7.06. The molecule has 0 radical (unpaired) electrons. The summed E-state index contributed by atoms with van der Waals surface area (Å²) in [5, 5.41) is 13.6. The summed E-state index contributed by atoms with van der Waals surface area (Å²) in [5.41, 5.74) is -0.497. The largest absolute Gasteiger partial charge is 0.349 e. The molecule has 2 atom stereocenters. The maximum absolute atomic E-state index is 12.3. The minimum atomic E-state index is -0.678. The van der Waals surface area contributed by atoms with Crippen LogP contribution in [0.2, 0.25) is 5.15 Å². The number of halogens is 1. The van der Waals surface area contributed by atoms with Gasteiger partial charge in [-0.15, -0.1) is 0 Å². The third kappa shape index (κ3) is 3.48. The molecule has 1 aliphatic heterocycles. The molecule has 1 aromatic rings. The van der Waals surface area contributed by atoms with Gasteiger partial charge in [0.15, 0.2) is 0 Å². The fraction of sp³-hybridized carbons (Fsp3) is 0.538. The molecular formula is C13H17ClN4O3. The molecule has 0 spiro atoms. The van der Waals surface area contributed by atoms with Gasteiger partial charge in [-0.25, -0.2) is 4.98 Å². The number of aromatic nitrogens is 1. The van der Waals surface area contributed by atoms with E-state index in [0.717, 1.165) is 19.5 Å². The normalized spacial score (nSPS) is 22.8. The first kappa shape index (κ1) is 15.7. The van der Waals surface area contributed by atoms with Crippen molar-refractivity contribution in [3.63, 3.8) is 0 Å². The van der Waals surface area contributed by atoms with Gasteiger partial charge in [-0.2, -0.15) is 0 Å². The van der Waals surface area contributed by atoms with Crippen LogP contribution in [0.4, 0.5) is 5.69 Å². The Bertz CT molecular complexity index is 566. The Hall–Kier alpha value is -1.73. The molecule has 0 aromatic carbocycles. The number of hydrogen-bond acceptors (Lipinski definition) is 5. The second-order valence-corrected chi connectivity index (χ2v) is 5.72. The average Bonchev–Trinajstić information content (AvgIpc) is 2.41. The van der Waals surface area contributed by atoms with E-state index in [1.54, 1.807) is 0 Å². The molecule has 21 heavy (non-hydrogen) atoms. The van der Waals surface area contributed by atoms with Crippen molar-refractivity contribution in [2.75, 3.05) is 20.1 Å². The van der Waals surface area contributed by atoms with Gasteiger partial charge in [0.25, 0.3) is 5.91 Å². The number of amides is 1. The highest BCUT2D eigenvalue weighted by atomic mass is 35.5. The van der Waals surface area contributed by atoms with E-state index < -0.39 is 16.5 Å². The van der Waals surface area contributed by atoms with Gasteiger partial charge in [-0.1, -0.05) is 18.5 Å². The number of nitrogens with zero attached hydrogens (tertiary/aromatic N) is 3. The lowest BCUT2D eigenvalue weighted by molar-refractivity contribution is -0.385. The van der Waals surface area contributed by atoms with Crippen molar-refractivity contribution in [3.05, 3.63) is 33.1 Å². The number of nitrogens with one attached hydrogen (secondary N) is 1. The number of nitro groups is 1. The van der Waals surface area contributed by atoms with Gasteiger partial charge in [0.05, 0.1) is 4.92 Å². The van der Waals surface area contributed by atoms with Crippen LogP contribution in [0.3, 0.4) is 0 Å². The Labute approximate surface area is 127 Å². The second kappa shape index (κ2) is 6.36. The van der Waals surface area contributed by atoms with E-state index in [0.29, 0.717) is 0 Å². The molecule has 0 saturated carbocycles. The molecule has 1 fully saturated rings. The molecule has 1 N–H and O–H groups in total. The van der Waals surface area contributed by atoms with E-state index in [-0.39, 0.29) is 22.7 Å². The summed E-state index contributed by atoms with van der Waals surface area (Å²) in [5.74, 6) is -0.198. The van der Waals surface area contributed by atoms with Crippen molar-refractivity contribution < 1.29 is 9.72 Å². The van der Waals surface area contributed by atoms with Crippen LogP contribution in [-0.2, 0) is 0 Å². The average molecular weight is 313 g/mol. The SMILES string of the molecule is CC1CN(C)CCC1NC(=O)c1ccnc(Cl)c1[N+](=O)[O-]. The van der Waals surface area contributed by atoms with Gasteiger partial charge in [0, 0.05) is 18.8 Å². The van der Waals surface area contributed by atoms with Crippen molar-refractivity contribution in [1.82, 2.24) is 15.2 Å². The van der Waals surface area contributed by atoms with E-state index in [1.165, 1.54) is 12.3 Å². The molecule has 1 aromatic heterocycles. The lowest BCUT2D eigenvalue weighted by Crippen LogP contribution is -2.48. The first-order chi connectivity index (χ1) is 9.90. The highest BCUT2D eigenvalue weighted by Gasteiger charge is 2.29. The molecule has 0 aliphatic carbocycles. The number of rotatable bonds is 3. The molecule has 0 bridgehead atoms. The fourth-order valence-electron chi connectivity index (χ4n) is 2.60. The molecule has 1 aliphatic rings. The number of likely N-dealkylation sites (tertiary alicyclic amines) is 1. The van der Waals surface area contributed by atoms with Gasteiger partial charge in [-0.05, 0) is 32.0 Å². The number of carbonyl (C=O) groups is 1. The smallest absolute Gasteiger partial charge is 0.319 e. The van der Waals surface area contributed by atoms with E-state index in [1.807, 2.05) is 7.05 Å². The molecule has 1 saturated heterocycles. The van der Waals surface area contributed by atoms with Crippen molar-refractivity contribution in [1.29, 1.82) is 0 Å². The minimum Gasteiger partial charge on any atom is -0.349 e. The quantitative estimate of drug-likeness (QED) is 0.521. The summed E-state index contributed by atoms with van der Waals surface area (Å²) in [6.07, 6.45) is 2.11. The van der Waals surface area contributed by atoms with E-state index >= 15 is 0 Å². The zero-order chi connectivity index (χ0) is 15.6. The van der Waals surface area contributed by atoms with Crippen LogP contribution in [0, 0.1) is 16.0 Å². The Kier molecular flexibility index (Phi) is 4.74. The standard InChI is InChI=1S/C13H17ClN4O3/c1-8-7-17(2)6-4-10(8)16-13(19)9-3-5-15-12(14)11(9)18(20)21/h3,5,8,10H,4,6-7H2,1-2H3,(H,16,19). The number of hydrogen-bond donors (Lipinski definition) is 1. The second-order valence-electron chi connectivity index (χ2n) is 5.36. The Morgan fingerprint density at radius 3 is 2.95 bits per heavy atom. The maximum atomic E-state index is 12.3. The predicted molar refractivity (Wildman–Crippen MR) is 78.4 cm³/mol. The predicted octanol–water partition coefficient (Wildman–Crippen LogP) is 1.71. The third-order valence-corrected chi connectivity index (χ3v) is 4.01. The van der Waals surface area contributed by atoms with Crippen LogP contribution < -0.4 is 5.32 Å². The molecule has 2 heterocycles. The lowest BCUT2D eigenvalue weighted by Gasteiger charge is -2.35. The monoisotopic (exact) mass is 312 g/mol. The summed E-state index contributed by atoms with van der Waals surface area (Å²) in [6, 6.07) is 1.32. The summed E-state index contributed by atoms with van der Waals surface area (Å²) in [7, 11) is 2.03. The van der Waals surface area contributed by atoms with Crippen LogP contribution in [0.25, 0.3) is 0 Å². The highest BCUT2D eigenvalue weighted by Crippen LogP contribution is 2.26. The Morgan fingerprint density at radius 2 is 2.33 bits per heavy atom. The van der Waals surface area contributed by atoms with Crippen molar-refractivity contribution >= 4 is 23.2 Å². The zero-order valence-electron chi connectivity index (χ0n) is 11.9. The van der Waals surface area contributed by atoms with E-state index in [9.17, 15) is 14.9 Å². The molecule has 8 heteroatoms. The summed E-state index contributed by atoms with van der Waals surface area (Å²) >= 11 is 5.72. The van der Waals surface area contributed by atoms with Gasteiger partial charge in [0.1, 0.15) is 5.56 Å². The highest BCUT2D eigenvalue weighted by molar-refractivity contribution is 6.32. The number of pyridine rings is 1. The molecule has 1 amide bonds. The van der Waals surface area contributed by atoms with Gasteiger partial charge >= 0.3 is 5.69 Å². The molecule has 2 rings (SSSR count). The fourth-order valence-corrected chi connectivity index (χ4v) is 2.83. The van der Waals surface area contributed by atoms with Crippen molar-refractivity contribution in [3.8, 4) is 0 Å². The summed E-state index contributed by atoms with van der Waals surface area (Å²) in [6.45, 7) is 3.81. The topological polar surface area (TPSA) is 88.4 Å². The lowest BCUT2D eigenvalue weighted by atomic mass is 9.94. The van der Waals surface area contributed by atoms with Crippen LogP contribution in [0.1, 0.15) is 23.7 Å². The van der Waals surface area contributed by atoms with Gasteiger partial charge < -0.3 is 10.2 Å². The van der Waals surface area contributed by atoms with Crippen molar-refractivity contribution in [2.24, 2.45) is 5.92 Å². The van der Waals surface area contributed by atoms with E-state index in [2.05, 4.69) is 22.1 Å². The zero-order valence-corrected chi connectivity index (χ0v) is 12.6. The molecular weight excluding hydrogens is 296 g/mol. The van der Waals surface area contributed by atoms with Crippen molar-refractivity contribution in [2.45, 2.75) is 19.4 Å². The molecule has 114 valence electrons. The van der Waals surface area contributed by atoms with Crippen LogP contribution >= 0.6 is 11.6 Å². The Balaban J connectivity index is 2.18. The van der Waals surface area contributed by atoms with Crippen LogP contribution in [0.15, 0.2) is 12.3 Å².